The highest BCUT2D eigenvalue weighted by molar-refractivity contribution is 6.15. The molecule has 0 amide bonds. The highest BCUT2D eigenvalue weighted by Gasteiger charge is 2.42. The number of rotatable bonds is 6. The minimum atomic E-state index is -2.25. The third kappa shape index (κ3) is 2.89. The smallest absolute Gasteiger partial charge is 0.331 e. The van der Waals surface area contributed by atoms with E-state index in [-0.39, 0.29) is 5.56 Å². The molecule has 0 aliphatic heterocycles. The van der Waals surface area contributed by atoms with E-state index in [4.69, 9.17) is 15.9 Å². The fraction of sp³-hybridized carbons (Fsp3) is 0.273. The van der Waals surface area contributed by atoms with E-state index in [0.717, 1.165) is 0 Å². The largest absolute Gasteiger partial charge is 0.481 e. The number of nitrogens with two attached hydrogens (primary N) is 1. The maximum Gasteiger partial charge on any atom is 0.331 e. The number of ketones is 1. The molecule has 18 heavy (non-hydrogen) atoms. The van der Waals surface area contributed by atoms with Crippen LogP contribution in [0, 0.1) is 0 Å². The van der Waals surface area contributed by atoms with Crippen LogP contribution >= 0.6 is 0 Å². The van der Waals surface area contributed by atoms with Crippen LogP contribution in [-0.4, -0.2) is 38.5 Å². The zero-order valence-corrected chi connectivity index (χ0v) is 9.37. The van der Waals surface area contributed by atoms with E-state index in [9.17, 15) is 14.4 Å². The van der Waals surface area contributed by atoms with Crippen molar-refractivity contribution in [3.63, 3.8) is 0 Å². The van der Waals surface area contributed by atoms with Crippen molar-refractivity contribution in [3.8, 4) is 0 Å². The fourth-order valence-corrected chi connectivity index (χ4v) is 1.38. The van der Waals surface area contributed by atoms with Crippen molar-refractivity contribution in [1.29, 1.82) is 0 Å². The van der Waals surface area contributed by atoms with Gasteiger partial charge in [0.25, 0.3) is 0 Å². The molecule has 0 saturated heterocycles. The lowest BCUT2D eigenvalue weighted by molar-refractivity contribution is -0.142. The molecule has 1 aromatic heterocycles. The molecule has 1 heterocycles. The maximum absolute atomic E-state index is 12.0. The van der Waals surface area contributed by atoms with Gasteiger partial charge in [0.2, 0.25) is 0 Å². The number of hydrogen-bond donors (Lipinski definition) is 3. The molecule has 1 aromatic rings. The molecule has 0 aromatic carbocycles. The number of hydrogen-bond acceptors (Lipinski definition) is 5. The zero-order chi connectivity index (χ0) is 13.8. The summed E-state index contributed by atoms with van der Waals surface area (Å²) < 4.78 is 0. The third-order valence-corrected chi connectivity index (χ3v) is 2.44. The molecule has 0 saturated carbocycles. The number of nitrogens with zero attached hydrogens (tertiary/aromatic N) is 1. The molecular formula is C11H12N2O5. The molecule has 0 aliphatic rings. The normalized spacial score (nSPS) is 13.6. The van der Waals surface area contributed by atoms with Crippen LogP contribution in [-0.2, 0) is 9.59 Å². The Balaban J connectivity index is 3.01. The molecule has 0 fully saturated rings. The van der Waals surface area contributed by atoms with Crippen molar-refractivity contribution in [2.75, 3.05) is 0 Å². The number of carbonyl (C=O) groups is 3. The summed E-state index contributed by atoms with van der Waals surface area (Å²) >= 11 is 0. The first-order valence-corrected chi connectivity index (χ1v) is 5.07. The van der Waals surface area contributed by atoms with Crippen molar-refractivity contribution in [3.05, 3.63) is 30.1 Å². The second-order valence-corrected chi connectivity index (χ2v) is 3.74. The van der Waals surface area contributed by atoms with Gasteiger partial charge in [0.15, 0.2) is 11.3 Å². The summed E-state index contributed by atoms with van der Waals surface area (Å²) in [4.78, 5) is 37.2. The Morgan fingerprint density at radius 1 is 1.33 bits per heavy atom. The molecule has 4 N–H and O–H groups in total. The third-order valence-electron chi connectivity index (χ3n) is 2.44. The van der Waals surface area contributed by atoms with Crippen LogP contribution in [0.1, 0.15) is 23.2 Å². The Hall–Kier alpha value is -2.28. The van der Waals surface area contributed by atoms with Crippen LogP contribution in [0.3, 0.4) is 0 Å². The van der Waals surface area contributed by atoms with E-state index in [1.165, 1.54) is 24.5 Å². The van der Waals surface area contributed by atoms with Crippen molar-refractivity contribution in [2.24, 2.45) is 5.73 Å². The zero-order valence-electron chi connectivity index (χ0n) is 9.37. The number of Topliss-reactive ketones (excluding diaryl/α,β-unsaturated/α-hetero) is 1. The molecule has 0 radical (unpaired) electrons. The first-order chi connectivity index (χ1) is 8.38. The molecule has 0 bridgehead atoms. The molecular weight excluding hydrogens is 240 g/mol. The molecule has 7 heteroatoms. The molecule has 1 rings (SSSR count). The fourth-order valence-electron chi connectivity index (χ4n) is 1.38. The monoisotopic (exact) mass is 252 g/mol. The lowest BCUT2D eigenvalue weighted by atomic mass is 9.86. The van der Waals surface area contributed by atoms with E-state index in [0.29, 0.717) is 0 Å². The van der Waals surface area contributed by atoms with Crippen LogP contribution in [0.4, 0.5) is 0 Å². The molecule has 7 nitrogen and oxygen atoms in total. The summed E-state index contributed by atoms with van der Waals surface area (Å²) in [5, 5.41) is 17.6. The van der Waals surface area contributed by atoms with Gasteiger partial charge in [-0.25, -0.2) is 4.79 Å². The molecule has 0 spiro atoms. The SMILES string of the molecule is N[C@@](CCC(=O)O)(C(=O)O)C(=O)c1cccnc1. The molecule has 1 atom stereocenters. The number of aliphatic carboxylic acids is 2. The Kier molecular flexibility index (Phi) is 4.11. The Bertz CT molecular complexity index is 474. The van der Waals surface area contributed by atoms with Crippen molar-refractivity contribution >= 4 is 17.7 Å². The van der Waals surface area contributed by atoms with Gasteiger partial charge in [0.1, 0.15) is 0 Å². The minimum absolute atomic E-state index is 0.0350. The van der Waals surface area contributed by atoms with Crippen LogP contribution in [0.2, 0.25) is 0 Å². The lowest BCUT2D eigenvalue weighted by Crippen LogP contribution is -2.55. The molecule has 96 valence electrons. The highest BCUT2D eigenvalue weighted by atomic mass is 16.4. The first kappa shape index (κ1) is 13.8. The van der Waals surface area contributed by atoms with Crippen LogP contribution in [0.5, 0.6) is 0 Å². The van der Waals surface area contributed by atoms with E-state index in [1.807, 2.05) is 0 Å². The summed E-state index contributed by atoms with van der Waals surface area (Å²) in [5.41, 5.74) is 3.31. The maximum atomic E-state index is 12.0. The highest BCUT2D eigenvalue weighted by Crippen LogP contribution is 2.17. The van der Waals surface area contributed by atoms with Crippen LogP contribution in [0.15, 0.2) is 24.5 Å². The summed E-state index contributed by atoms with van der Waals surface area (Å²) in [5.74, 6) is -3.63. The predicted octanol–water partition coefficient (Wildman–Crippen LogP) is -0.0888. The van der Waals surface area contributed by atoms with Gasteiger partial charge < -0.3 is 15.9 Å². The van der Waals surface area contributed by atoms with E-state index < -0.39 is 36.1 Å². The lowest BCUT2D eigenvalue weighted by Gasteiger charge is -2.22. The van der Waals surface area contributed by atoms with Gasteiger partial charge in [0.05, 0.1) is 0 Å². The van der Waals surface area contributed by atoms with Crippen molar-refractivity contribution < 1.29 is 24.6 Å². The van der Waals surface area contributed by atoms with E-state index in [1.54, 1.807) is 0 Å². The Morgan fingerprint density at radius 2 is 2.00 bits per heavy atom. The number of pyridine rings is 1. The Morgan fingerprint density at radius 3 is 2.44 bits per heavy atom. The summed E-state index contributed by atoms with van der Waals surface area (Å²) in [7, 11) is 0. The van der Waals surface area contributed by atoms with Crippen LogP contribution in [0.25, 0.3) is 0 Å². The van der Waals surface area contributed by atoms with Gasteiger partial charge in [-0.3, -0.25) is 14.6 Å². The van der Waals surface area contributed by atoms with E-state index >= 15 is 0 Å². The van der Waals surface area contributed by atoms with Gasteiger partial charge in [-0.2, -0.15) is 0 Å². The summed E-state index contributed by atoms with van der Waals surface area (Å²) in [6.07, 6.45) is 1.63. The average molecular weight is 252 g/mol. The molecule has 0 unspecified atom stereocenters. The van der Waals surface area contributed by atoms with Crippen molar-refractivity contribution in [1.82, 2.24) is 4.98 Å². The van der Waals surface area contributed by atoms with E-state index in [2.05, 4.69) is 4.98 Å². The van der Waals surface area contributed by atoms with Crippen molar-refractivity contribution in [2.45, 2.75) is 18.4 Å². The van der Waals surface area contributed by atoms with Gasteiger partial charge >= 0.3 is 11.9 Å². The second kappa shape index (κ2) is 5.37. The average Bonchev–Trinajstić information content (AvgIpc) is 2.35. The quantitative estimate of drug-likeness (QED) is 0.476. The number of carbonyl (C=O) groups excluding carboxylic acids is 1. The molecule has 0 aliphatic carbocycles. The summed E-state index contributed by atoms with van der Waals surface area (Å²) in [6.45, 7) is 0. The topological polar surface area (TPSA) is 131 Å². The summed E-state index contributed by atoms with van der Waals surface area (Å²) in [6, 6.07) is 2.84. The predicted molar refractivity (Wildman–Crippen MR) is 60.0 cm³/mol. The Labute approximate surface area is 102 Å². The number of carboxylic acids is 2. The van der Waals surface area contributed by atoms with Gasteiger partial charge in [-0.1, -0.05) is 0 Å². The van der Waals surface area contributed by atoms with Crippen LogP contribution < -0.4 is 5.73 Å². The first-order valence-electron chi connectivity index (χ1n) is 5.07. The minimum Gasteiger partial charge on any atom is -0.481 e. The van der Waals surface area contributed by atoms with Gasteiger partial charge in [0, 0.05) is 24.4 Å². The number of aromatic nitrogens is 1. The second-order valence-electron chi connectivity index (χ2n) is 3.74. The van der Waals surface area contributed by atoms with Gasteiger partial charge in [-0.05, 0) is 18.6 Å². The standard InChI is InChI=1S/C11H12N2O5/c12-11(10(17)18,4-3-8(14)15)9(16)7-2-1-5-13-6-7/h1-2,5-6H,3-4,12H2,(H,14,15)(H,17,18)/t11-/m1/s1. The van der Waals surface area contributed by atoms with Gasteiger partial charge in [-0.15, -0.1) is 0 Å². The number of carboxylic acid groups (broad SMARTS) is 2.